The lowest BCUT2D eigenvalue weighted by Gasteiger charge is -2.21. The van der Waals surface area contributed by atoms with E-state index in [9.17, 15) is 9.50 Å². The Morgan fingerprint density at radius 2 is 2.00 bits per heavy atom. The molecule has 0 aliphatic carbocycles. The van der Waals surface area contributed by atoms with Gasteiger partial charge in [0.05, 0.1) is 35.7 Å². The summed E-state index contributed by atoms with van der Waals surface area (Å²) in [6.45, 7) is 3.07. The van der Waals surface area contributed by atoms with Crippen LogP contribution in [0.5, 0.6) is 5.75 Å². The van der Waals surface area contributed by atoms with E-state index < -0.39 is 0 Å². The molecular formula is C26H29FN4O4S. The molecule has 10 heteroatoms. The maximum absolute atomic E-state index is 14.2. The first-order valence-corrected chi connectivity index (χ1v) is 13.8. The van der Waals surface area contributed by atoms with Gasteiger partial charge >= 0.3 is 0 Å². The van der Waals surface area contributed by atoms with Crippen molar-refractivity contribution in [2.24, 2.45) is 4.36 Å². The number of aliphatic hydroxyl groups excluding tert-OH is 1. The van der Waals surface area contributed by atoms with Crippen LogP contribution in [0.3, 0.4) is 0 Å². The Kier molecular flexibility index (Phi) is 6.59. The number of nitrogens with zero attached hydrogens (tertiary/aromatic N) is 3. The molecule has 3 atom stereocenters. The quantitative estimate of drug-likeness (QED) is 0.525. The number of benzene rings is 2. The molecule has 3 aromatic rings. The van der Waals surface area contributed by atoms with Crippen LogP contribution in [0.25, 0.3) is 10.9 Å². The van der Waals surface area contributed by atoms with E-state index in [1.807, 2.05) is 19.1 Å². The van der Waals surface area contributed by atoms with Gasteiger partial charge in [-0.15, -0.1) is 0 Å². The van der Waals surface area contributed by atoms with Gasteiger partial charge in [0.1, 0.15) is 29.8 Å². The Morgan fingerprint density at radius 3 is 2.86 bits per heavy atom. The standard InChI is InChI=1S/C26H29FN4O4S/c1-15-10-17(31-36-8-5-18(32)6-9-36)12-20-24(15)26(29-14-28-20)30-19-3-2-16(27)11-22(19)35-23-13-34-21-4-7-33-25(21)23/h2-3,10-12,14,18,21,23,25,32H,4-9,13H2,1H3,(H,28,29,30)/t18?,21-,23?,25?,36?/m1/s1. The predicted molar refractivity (Wildman–Crippen MR) is 137 cm³/mol. The molecule has 0 saturated carbocycles. The molecule has 3 aliphatic heterocycles. The van der Waals surface area contributed by atoms with Crippen LogP contribution in [0.1, 0.15) is 24.8 Å². The summed E-state index contributed by atoms with van der Waals surface area (Å²) in [5, 5.41) is 14.0. The molecule has 8 nitrogen and oxygen atoms in total. The van der Waals surface area contributed by atoms with Crippen molar-refractivity contribution in [1.29, 1.82) is 0 Å². The fraction of sp³-hybridized carbons (Fsp3) is 0.462. The van der Waals surface area contributed by atoms with E-state index in [0.29, 0.717) is 30.5 Å². The second-order valence-electron chi connectivity index (χ2n) is 9.49. The molecule has 36 heavy (non-hydrogen) atoms. The fourth-order valence-electron chi connectivity index (χ4n) is 5.07. The lowest BCUT2D eigenvalue weighted by molar-refractivity contribution is 0.0310. The SMILES string of the molecule is Cc1cc(N=S2CCC(O)CC2)cc2ncnc(Nc3ccc(F)cc3OC3CO[C@@H]4CCOC34)c12. The third kappa shape index (κ3) is 4.82. The number of hydrogen-bond acceptors (Lipinski definition) is 8. The lowest BCUT2D eigenvalue weighted by atomic mass is 10.1. The van der Waals surface area contributed by atoms with Crippen LogP contribution in [0.2, 0.25) is 0 Å². The number of fused-ring (bicyclic) bond motifs is 2. The molecule has 3 aliphatic rings. The number of hydrogen-bond donors (Lipinski definition) is 2. The van der Waals surface area contributed by atoms with Crippen molar-refractivity contribution in [3.05, 3.63) is 48.0 Å². The van der Waals surface area contributed by atoms with Crippen LogP contribution >= 0.6 is 0 Å². The number of aliphatic hydroxyl groups is 1. The summed E-state index contributed by atoms with van der Waals surface area (Å²) >= 11 is 0. The molecule has 2 unspecified atom stereocenters. The number of aryl methyl sites for hydroxylation is 1. The smallest absolute Gasteiger partial charge is 0.151 e. The van der Waals surface area contributed by atoms with E-state index >= 15 is 0 Å². The van der Waals surface area contributed by atoms with Crippen molar-refractivity contribution in [2.45, 2.75) is 50.6 Å². The van der Waals surface area contributed by atoms with E-state index in [-0.39, 0.29) is 40.9 Å². The highest BCUT2D eigenvalue weighted by molar-refractivity contribution is 7.87. The summed E-state index contributed by atoms with van der Waals surface area (Å²) in [7, 11) is -0.0810. The van der Waals surface area contributed by atoms with E-state index in [1.165, 1.54) is 18.5 Å². The van der Waals surface area contributed by atoms with Crippen molar-refractivity contribution < 1.29 is 23.7 Å². The van der Waals surface area contributed by atoms with Gasteiger partial charge in [0.15, 0.2) is 6.10 Å². The average Bonchev–Trinajstić information content (AvgIpc) is 3.47. The monoisotopic (exact) mass is 512 g/mol. The molecule has 4 heterocycles. The first-order valence-electron chi connectivity index (χ1n) is 12.3. The highest BCUT2D eigenvalue weighted by Crippen LogP contribution is 2.36. The molecule has 190 valence electrons. The normalized spacial score (nSPS) is 27.7. The Balaban J connectivity index is 1.29. The second-order valence-corrected chi connectivity index (χ2v) is 11.4. The predicted octanol–water partition coefficient (Wildman–Crippen LogP) is 4.34. The first-order chi connectivity index (χ1) is 17.5. The summed E-state index contributed by atoms with van der Waals surface area (Å²) in [5.74, 6) is 2.45. The van der Waals surface area contributed by atoms with Gasteiger partial charge in [-0.1, -0.05) is 10.7 Å². The highest BCUT2D eigenvalue weighted by atomic mass is 32.2. The number of ether oxygens (including phenoxy) is 3. The second kappa shape index (κ2) is 10.0. The van der Waals surface area contributed by atoms with Crippen molar-refractivity contribution in [3.63, 3.8) is 0 Å². The van der Waals surface area contributed by atoms with Gasteiger partial charge in [-0.05, 0) is 56.0 Å². The zero-order valence-electron chi connectivity index (χ0n) is 20.0. The van der Waals surface area contributed by atoms with Gasteiger partial charge < -0.3 is 24.6 Å². The molecule has 2 N–H and O–H groups in total. The van der Waals surface area contributed by atoms with E-state index in [1.54, 1.807) is 6.07 Å². The van der Waals surface area contributed by atoms with Crippen LogP contribution < -0.4 is 10.1 Å². The molecular weight excluding hydrogens is 483 g/mol. The van der Waals surface area contributed by atoms with Gasteiger partial charge in [-0.25, -0.2) is 18.7 Å². The summed E-state index contributed by atoms with van der Waals surface area (Å²) in [4.78, 5) is 8.98. The molecule has 3 fully saturated rings. The summed E-state index contributed by atoms with van der Waals surface area (Å²) < 4.78 is 36.9. The van der Waals surface area contributed by atoms with Crippen LogP contribution in [-0.4, -0.2) is 64.2 Å². The van der Waals surface area contributed by atoms with Crippen molar-refractivity contribution in [3.8, 4) is 5.75 Å². The maximum Gasteiger partial charge on any atom is 0.151 e. The summed E-state index contributed by atoms with van der Waals surface area (Å²) in [5.41, 5.74) is 3.27. The number of nitrogens with one attached hydrogen (secondary N) is 1. The Labute approximate surface area is 211 Å². The molecule has 0 radical (unpaired) electrons. The van der Waals surface area contributed by atoms with Gasteiger partial charge in [-0.2, -0.15) is 0 Å². The molecule has 2 aromatic carbocycles. The van der Waals surface area contributed by atoms with Gasteiger partial charge in [0.25, 0.3) is 0 Å². The zero-order chi connectivity index (χ0) is 24.6. The number of rotatable bonds is 5. The molecule has 6 rings (SSSR count). The third-order valence-corrected chi connectivity index (χ3v) is 8.81. The molecule has 0 bridgehead atoms. The first kappa shape index (κ1) is 23.7. The Hall–Kier alpha value is -2.66. The van der Waals surface area contributed by atoms with Crippen LogP contribution in [0.4, 0.5) is 21.6 Å². The molecule has 1 aromatic heterocycles. The average molecular weight is 513 g/mol. The van der Waals surface area contributed by atoms with Crippen LogP contribution in [-0.2, 0) is 20.2 Å². The maximum atomic E-state index is 14.2. The lowest BCUT2D eigenvalue weighted by Crippen LogP contribution is -2.32. The minimum absolute atomic E-state index is 0.0346. The van der Waals surface area contributed by atoms with Crippen molar-refractivity contribution in [2.75, 3.05) is 30.0 Å². The third-order valence-electron chi connectivity index (χ3n) is 6.92. The molecule has 3 saturated heterocycles. The number of anilines is 2. The zero-order valence-corrected chi connectivity index (χ0v) is 20.8. The Morgan fingerprint density at radius 1 is 1.14 bits per heavy atom. The summed E-state index contributed by atoms with van der Waals surface area (Å²) in [6, 6.07) is 8.44. The van der Waals surface area contributed by atoms with Gasteiger partial charge in [0.2, 0.25) is 0 Å². The van der Waals surface area contributed by atoms with Crippen LogP contribution in [0, 0.1) is 12.7 Å². The van der Waals surface area contributed by atoms with Gasteiger partial charge in [0, 0.05) is 29.6 Å². The van der Waals surface area contributed by atoms with E-state index in [4.69, 9.17) is 18.6 Å². The minimum Gasteiger partial charge on any atom is -0.483 e. The molecule has 0 spiro atoms. The van der Waals surface area contributed by atoms with Crippen molar-refractivity contribution >= 4 is 38.8 Å². The largest absolute Gasteiger partial charge is 0.483 e. The van der Waals surface area contributed by atoms with E-state index in [0.717, 1.165) is 52.9 Å². The van der Waals surface area contributed by atoms with Gasteiger partial charge in [-0.3, -0.25) is 0 Å². The number of halogens is 1. The highest BCUT2D eigenvalue weighted by Gasteiger charge is 2.43. The minimum atomic E-state index is -0.385. The Bertz CT molecular complexity index is 1310. The fourth-order valence-corrected chi connectivity index (χ4v) is 6.95. The van der Waals surface area contributed by atoms with Crippen molar-refractivity contribution in [1.82, 2.24) is 9.97 Å². The van der Waals surface area contributed by atoms with Crippen LogP contribution in [0.15, 0.2) is 41.0 Å². The topological polar surface area (TPSA) is 98.1 Å². The van der Waals surface area contributed by atoms with E-state index in [2.05, 4.69) is 15.3 Å². The summed E-state index contributed by atoms with van der Waals surface area (Å²) in [6.07, 6.45) is 3.37. The number of aromatic nitrogens is 2. The molecule has 0 amide bonds.